The Balaban J connectivity index is 0.000000209. The Bertz CT molecular complexity index is 1720. The first kappa shape index (κ1) is 35.9. The first-order chi connectivity index (χ1) is 20.5. The van der Waals surface area contributed by atoms with Crippen molar-refractivity contribution in [3.63, 3.8) is 0 Å². The number of nitrogens with two attached hydrogens (primary N) is 1. The summed E-state index contributed by atoms with van der Waals surface area (Å²) >= 11 is 0. The van der Waals surface area contributed by atoms with Gasteiger partial charge in [-0.15, -0.1) is 0 Å². The lowest BCUT2D eigenvalue weighted by Gasteiger charge is -2.07. The van der Waals surface area contributed by atoms with Crippen LogP contribution >= 0.6 is 0 Å². The molecule has 4 aromatic carbocycles. The number of hydrogen-bond acceptors (Lipinski definition) is 8. The molecule has 1 heterocycles. The lowest BCUT2D eigenvalue weighted by atomic mass is 10.1. The Labute approximate surface area is 256 Å². The number of benzene rings is 4. The number of rotatable bonds is 4. The molecule has 0 radical (unpaired) electrons. The molecule has 13 heteroatoms. The molecule has 0 bridgehead atoms. The molecule has 0 fully saturated rings. The van der Waals surface area contributed by atoms with Crippen LogP contribution in [0.4, 0.5) is 0 Å². The van der Waals surface area contributed by atoms with Gasteiger partial charge in [-0.25, -0.2) is 9.97 Å². The van der Waals surface area contributed by atoms with E-state index in [1.165, 1.54) is 24.3 Å². The lowest BCUT2D eigenvalue weighted by molar-refractivity contribution is -0.139. The summed E-state index contributed by atoms with van der Waals surface area (Å²) in [4.78, 5) is 18.9. The summed E-state index contributed by atoms with van der Waals surface area (Å²) in [5, 5.41) is 8.23. The number of aliphatic carboxylic acids is 1. The second-order valence-electron chi connectivity index (χ2n) is 9.89. The molecule has 0 aliphatic carbocycles. The van der Waals surface area contributed by atoms with Gasteiger partial charge in [0.2, 0.25) is 0 Å². The number of hydrogen-bond donors (Lipinski definition) is 4. The van der Waals surface area contributed by atoms with Gasteiger partial charge in [-0.3, -0.25) is 13.9 Å². The van der Waals surface area contributed by atoms with Crippen LogP contribution in [0.2, 0.25) is 0 Å². The monoisotopic (exact) mass is 641 g/mol. The number of carbonyl (C=O) groups is 1. The van der Waals surface area contributed by atoms with Gasteiger partial charge in [0.1, 0.15) is 6.04 Å². The van der Waals surface area contributed by atoms with E-state index in [0.29, 0.717) is 0 Å². The SMILES string of the molecule is CC(C)C(N)C(=O)O.Cc1ccc(S(=O)(=O)O)cc1.Cc1ccc(S(=O)(=O)O)cc1.c1ccc2nc3ccccc3nc2c1. The van der Waals surface area contributed by atoms with Gasteiger partial charge >= 0.3 is 5.97 Å². The molecule has 5 N–H and O–H groups in total. The van der Waals surface area contributed by atoms with Crippen LogP contribution in [0.3, 0.4) is 0 Å². The van der Waals surface area contributed by atoms with Crippen LogP contribution in [-0.4, -0.2) is 53.0 Å². The van der Waals surface area contributed by atoms with Crippen molar-refractivity contribution < 1.29 is 35.8 Å². The van der Waals surface area contributed by atoms with Gasteiger partial charge in [-0.2, -0.15) is 16.8 Å². The van der Waals surface area contributed by atoms with Gasteiger partial charge in [-0.1, -0.05) is 73.5 Å². The van der Waals surface area contributed by atoms with Gasteiger partial charge < -0.3 is 10.8 Å². The van der Waals surface area contributed by atoms with Crippen molar-refractivity contribution in [2.75, 3.05) is 0 Å². The van der Waals surface area contributed by atoms with Gasteiger partial charge in [0, 0.05) is 0 Å². The fourth-order valence-corrected chi connectivity index (χ4v) is 4.23. The molecule has 44 heavy (non-hydrogen) atoms. The van der Waals surface area contributed by atoms with Crippen molar-refractivity contribution in [1.29, 1.82) is 0 Å². The Morgan fingerprint density at radius 2 is 0.886 bits per heavy atom. The van der Waals surface area contributed by atoms with Crippen LogP contribution < -0.4 is 5.73 Å². The van der Waals surface area contributed by atoms with Crippen LogP contribution in [0.1, 0.15) is 25.0 Å². The molecule has 1 atom stereocenters. The zero-order chi connectivity index (χ0) is 33.1. The van der Waals surface area contributed by atoms with Crippen LogP contribution in [0.15, 0.2) is 107 Å². The number of carboxylic acid groups (broad SMARTS) is 1. The zero-order valence-electron chi connectivity index (χ0n) is 24.6. The van der Waals surface area contributed by atoms with E-state index in [-0.39, 0.29) is 15.7 Å². The summed E-state index contributed by atoms with van der Waals surface area (Å²) < 4.78 is 59.1. The van der Waals surface area contributed by atoms with Gasteiger partial charge in [0.25, 0.3) is 20.2 Å². The number of para-hydroxylation sites is 4. The zero-order valence-corrected chi connectivity index (χ0v) is 26.2. The van der Waals surface area contributed by atoms with E-state index in [2.05, 4.69) is 9.97 Å². The third-order valence-corrected chi connectivity index (χ3v) is 7.62. The van der Waals surface area contributed by atoms with Crippen LogP contribution in [-0.2, 0) is 25.0 Å². The Morgan fingerprint density at radius 1 is 0.614 bits per heavy atom. The average molecular weight is 642 g/mol. The molecule has 0 aliphatic rings. The Morgan fingerprint density at radius 3 is 1.07 bits per heavy atom. The van der Waals surface area contributed by atoms with E-state index in [4.69, 9.17) is 19.9 Å². The summed E-state index contributed by atoms with van der Waals surface area (Å²) in [6, 6.07) is 27.1. The molecule has 5 aromatic rings. The third-order valence-electron chi connectivity index (χ3n) is 5.89. The van der Waals surface area contributed by atoms with E-state index in [0.717, 1.165) is 33.2 Å². The molecule has 0 aliphatic heterocycles. The second-order valence-corrected chi connectivity index (χ2v) is 12.7. The number of nitrogens with zero attached hydrogens (tertiary/aromatic N) is 2. The quantitative estimate of drug-likeness (QED) is 0.146. The average Bonchev–Trinajstić information content (AvgIpc) is 2.96. The predicted octanol–water partition coefficient (Wildman–Crippen LogP) is 5.32. The standard InChI is InChI=1S/C12H8N2.2C7H8O3S.C5H11NO2/c1-2-6-10-9(5-1)13-11-7-3-4-8-12(11)14-10;2*1-6-2-4-7(5-3-6)11(8,9)10;1-3(2)4(6)5(7)8/h1-8H;2*2-5H,1H3,(H,8,9,10);3-4H,6H2,1-2H3,(H,7,8). The number of fused-ring (bicyclic) bond motifs is 2. The van der Waals surface area contributed by atoms with Gasteiger partial charge in [0.15, 0.2) is 0 Å². The first-order valence-electron chi connectivity index (χ1n) is 13.2. The van der Waals surface area contributed by atoms with Gasteiger partial charge in [-0.05, 0) is 68.3 Å². The Hall–Kier alpha value is -4.27. The van der Waals surface area contributed by atoms with Crippen LogP contribution in [0.5, 0.6) is 0 Å². The third kappa shape index (κ3) is 11.8. The molecule has 234 valence electrons. The number of carboxylic acids is 1. The molecule has 0 saturated heterocycles. The van der Waals surface area contributed by atoms with Crippen LogP contribution in [0, 0.1) is 19.8 Å². The smallest absolute Gasteiger partial charge is 0.320 e. The van der Waals surface area contributed by atoms with Crippen molar-refractivity contribution in [3.8, 4) is 0 Å². The fourth-order valence-electron chi connectivity index (χ4n) is 3.27. The summed E-state index contributed by atoms with van der Waals surface area (Å²) in [6.45, 7) is 7.24. The molecule has 5 rings (SSSR count). The van der Waals surface area contributed by atoms with E-state index >= 15 is 0 Å². The van der Waals surface area contributed by atoms with Crippen molar-refractivity contribution in [3.05, 3.63) is 108 Å². The lowest BCUT2D eigenvalue weighted by Crippen LogP contribution is -2.34. The topological polar surface area (TPSA) is 198 Å². The molecular formula is C31H35N3O8S2. The predicted molar refractivity (Wildman–Crippen MR) is 169 cm³/mol. The maximum absolute atomic E-state index is 10.5. The highest BCUT2D eigenvalue weighted by Crippen LogP contribution is 2.15. The largest absolute Gasteiger partial charge is 0.480 e. The van der Waals surface area contributed by atoms with Crippen molar-refractivity contribution >= 4 is 48.3 Å². The molecule has 0 amide bonds. The summed E-state index contributed by atoms with van der Waals surface area (Å²) in [5.41, 5.74) is 10.9. The van der Waals surface area contributed by atoms with Crippen molar-refractivity contribution in [2.45, 2.75) is 43.5 Å². The highest BCUT2D eigenvalue weighted by atomic mass is 32.2. The highest BCUT2D eigenvalue weighted by molar-refractivity contribution is 7.86. The molecule has 1 aromatic heterocycles. The van der Waals surface area contributed by atoms with Crippen molar-refractivity contribution in [1.82, 2.24) is 9.97 Å². The number of aryl methyl sites for hydroxylation is 2. The maximum atomic E-state index is 10.5. The first-order valence-corrected chi connectivity index (χ1v) is 16.0. The van der Waals surface area contributed by atoms with E-state index in [1.54, 1.807) is 38.1 Å². The normalized spacial score (nSPS) is 11.7. The Kier molecular flexibility index (Phi) is 13.1. The molecule has 0 spiro atoms. The minimum absolute atomic E-state index is 0.0208. The minimum atomic E-state index is -4.02. The van der Waals surface area contributed by atoms with Crippen LogP contribution in [0.25, 0.3) is 22.1 Å². The molecule has 11 nitrogen and oxygen atoms in total. The number of aromatic nitrogens is 2. The van der Waals surface area contributed by atoms with E-state index < -0.39 is 32.2 Å². The summed E-state index contributed by atoms with van der Waals surface area (Å²) in [7, 11) is -8.04. The highest BCUT2D eigenvalue weighted by Gasteiger charge is 2.14. The fraction of sp³-hybridized carbons (Fsp3) is 0.194. The van der Waals surface area contributed by atoms with Gasteiger partial charge in [0.05, 0.1) is 31.9 Å². The summed E-state index contributed by atoms with van der Waals surface area (Å²) in [5.74, 6) is -0.910. The maximum Gasteiger partial charge on any atom is 0.320 e. The minimum Gasteiger partial charge on any atom is -0.480 e. The molecular weight excluding hydrogens is 606 g/mol. The van der Waals surface area contributed by atoms with E-state index in [1.807, 2.05) is 62.4 Å². The van der Waals surface area contributed by atoms with E-state index in [9.17, 15) is 21.6 Å². The second kappa shape index (κ2) is 16.0. The molecule has 0 saturated carbocycles. The summed E-state index contributed by atoms with van der Waals surface area (Å²) in [6.07, 6.45) is 0. The molecule has 1 unspecified atom stereocenters. The van der Waals surface area contributed by atoms with Crippen molar-refractivity contribution in [2.24, 2.45) is 11.7 Å².